The molecule has 1 heterocycles. The number of likely N-dealkylation sites (tertiary alicyclic amines) is 1. The Labute approximate surface area is 149 Å². The summed E-state index contributed by atoms with van der Waals surface area (Å²) in [6.45, 7) is 5.64. The van der Waals surface area contributed by atoms with Gasteiger partial charge in [0.1, 0.15) is 17.5 Å². The highest BCUT2D eigenvalue weighted by Crippen LogP contribution is 2.23. The van der Waals surface area contributed by atoms with Crippen LogP contribution in [0.4, 0.5) is 0 Å². The first-order valence-electron chi connectivity index (χ1n) is 8.77. The summed E-state index contributed by atoms with van der Waals surface area (Å²) in [6.07, 6.45) is 2.67. The molecule has 0 radical (unpaired) electrons. The lowest BCUT2D eigenvalue weighted by molar-refractivity contribution is -0.132. The van der Waals surface area contributed by atoms with Gasteiger partial charge in [-0.1, -0.05) is 13.8 Å². The monoisotopic (exact) mass is 348 g/mol. The van der Waals surface area contributed by atoms with Crippen LogP contribution in [-0.4, -0.2) is 50.1 Å². The highest BCUT2D eigenvalue weighted by Gasteiger charge is 2.28. The van der Waals surface area contributed by atoms with Crippen molar-refractivity contribution in [2.24, 2.45) is 5.92 Å². The molecule has 1 atom stereocenters. The van der Waals surface area contributed by atoms with E-state index in [1.807, 2.05) is 18.7 Å². The van der Waals surface area contributed by atoms with E-state index in [9.17, 15) is 9.59 Å². The van der Waals surface area contributed by atoms with E-state index in [0.717, 1.165) is 25.9 Å². The van der Waals surface area contributed by atoms with Gasteiger partial charge in [-0.3, -0.25) is 9.59 Å². The molecule has 1 saturated heterocycles. The Balaban J connectivity index is 2.16. The summed E-state index contributed by atoms with van der Waals surface area (Å²) in [5, 5.41) is 2.90. The Morgan fingerprint density at radius 3 is 2.12 bits per heavy atom. The molecule has 1 aliphatic rings. The third-order valence-electron chi connectivity index (χ3n) is 4.34. The van der Waals surface area contributed by atoms with E-state index in [1.54, 1.807) is 18.2 Å². The normalized spacial score (nSPS) is 15.2. The molecule has 0 saturated carbocycles. The van der Waals surface area contributed by atoms with Crippen LogP contribution in [0.2, 0.25) is 0 Å². The lowest BCUT2D eigenvalue weighted by Crippen LogP contribution is -2.48. The van der Waals surface area contributed by atoms with Crippen molar-refractivity contribution in [2.45, 2.75) is 39.2 Å². The van der Waals surface area contributed by atoms with E-state index >= 15 is 0 Å². The first-order valence-corrected chi connectivity index (χ1v) is 8.77. The number of carbonyl (C=O) groups is 2. The summed E-state index contributed by atoms with van der Waals surface area (Å²) >= 11 is 0. The molecular formula is C19H28N2O4. The third kappa shape index (κ3) is 5.11. The van der Waals surface area contributed by atoms with Crippen molar-refractivity contribution in [3.05, 3.63) is 23.8 Å². The number of hydrogen-bond acceptors (Lipinski definition) is 4. The zero-order valence-corrected chi connectivity index (χ0v) is 15.5. The van der Waals surface area contributed by atoms with Gasteiger partial charge in [-0.05, 0) is 37.3 Å². The fourth-order valence-electron chi connectivity index (χ4n) is 3.03. The van der Waals surface area contributed by atoms with Crippen LogP contribution in [0, 0.1) is 5.92 Å². The molecule has 138 valence electrons. The van der Waals surface area contributed by atoms with Crippen LogP contribution >= 0.6 is 0 Å². The van der Waals surface area contributed by atoms with Crippen LogP contribution < -0.4 is 14.8 Å². The Morgan fingerprint density at radius 2 is 1.64 bits per heavy atom. The Hall–Kier alpha value is -2.24. The number of rotatable bonds is 7. The molecule has 1 fully saturated rings. The van der Waals surface area contributed by atoms with E-state index in [1.165, 1.54) is 14.2 Å². The van der Waals surface area contributed by atoms with Crippen LogP contribution in [-0.2, 0) is 4.79 Å². The second kappa shape index (κ2) is 8.74. The zero-order chi connectivity index (χ0) is 18.4. The number of hydrogen-bond donors (Lipinski definition) is 1. The van der Waals surface area contributed by atoms with Gasteiger partial charge in [-0.15, -0.1) is 0 Å². The molecular weight excluding hydrogens is 320 g/mol. The SMILES string of the molecule is COc1cc(OC)cc(C(=O)N[C@H](CC(C)C)C(=O)N2CCCC2)c1. The smallest absolute Gasteiger partial charge is 0.252 e. The van der Waals surface area contributed by atoms with Gasteiger partial charge in [0.25, 0.3) is 5.91 Å². The van der Waals surface area contributed by atoms with E-state index in [-0.39, 0.29) is 11.8 Å². The zero-order valence-electron chi connectivity index (χ0n) is 15.5. The maximum Gasteiger partial charge on any atom is 0.252 e. The second-order valence-corrected chi connectivity index (χ2v) is 6.79. The average Bonchev–Trinajstić information content (AvgIpc) is 3.14. The second-order valence-electron chi connectivity index (χ2n) is 6.79. The van der Waals surface area contributed by atoms with E-state index in [2.05, 4.69) is 5.32 Å². The summed E-state index contributed by atoms with van der Waals surface area (Å²) in [6, 6.07) is 4.48. The van der Waals surface area contributed by atoms with Crippen LogP contribution in [0.15, 0.2) is 18.2 Å². The predicted octanol–water partition coefficient (Wildman–Crippen LogP) is 2.47. The minimum absolute atomic E-state index is 0.00871. The molecule has 0 aliphatic carbocycles. The Morgan fingerprint density at radius 1 is 1.08 bits per heavy atom. The number of nitrogens with zero attached hydrogens (tertiary/aromatic N) is 1. The van der Waals surface area contributed by atoms with Gasteiger partial charge in [0.15, 0.2) is 0 Å². The molecule has 25 heavy (non-hydrogen) atoms. The molecule has 1 aliphatic heterocycles. The molecule has 0 spiro atoms. The van der Waals surface area contributed by atoms with Gasteiger partial charge in [0, 0.05) is 24.7 Å². The van der Waals surface area contributed by atoms with Crippen molar-refractivity contribution >= 4 is 11.8 Å². The number of amides is 2. The topological polar surface area (TPSA) is 67.9 Å². The maximum absolute atomic E-state index is 12.8. The summed E-state index contributed by atoms with van der Waals surface area (Å²) in [4.78, 5) is 27.3. The summed E-state index contributed by atoms with van der Waals surface area (Å²) < 4.78 is 10.4. The lowest BCUT2D eigenvalue weighted by atomic mass is 10.0. The number of nitrogens with one attached hydrogen (secondary N) is 1. The third-order valence-corrected chi connectivity index (χ3v) is 4.34. The molecule has 6 heteroatoms. The largest absolute Gasteiger partial charge is 0.497 e. The van der Waals surface area contributed by atoms with Crippen LogP contribution in [0.5, 0.6) is 11.5 Å². The van der Waals surface area contributed by atoms with Crippen molar-refractivity contribution < 1.29 is 19.1 Å². The van der Waals surface area contributed by atoms with Crippen molar-refractivity contribution in [1.29, 1.82) is 0 Å². The molecule has 2 rings (SSSR count). The molecule has 1 aromatic rings. The van der Waals surface area contributed by atoms with Gasteiger partial charge >= 0.3 is 0 Å². The fourth-order valence-corrected chi connectivity index (χ4v) is 3.03. The minimum Gasteiger partial charge on any atom is -0.497 e. The molecule has 6 nitrogen and oxygen atoms in total. The van der Waals surface area contributed by atoms with Crippen molar-refractivity contribution in [1.82, 2.24) is 10.2 Å². The number of benzene rings is 1. The standard InChI is InChI=1S/C19H28N2O4/c1-13(2)9-17(19(23)21-7-5-6-8-21)20-18(22)14-10-15(24-3)12-16(11-14)25-4/h10-13,17H,5-9H2,1-4H3,(H,20,22)/t17-/m1/s1. The van der Waals surface area contributed by atoms with E-state index < -0.39 is 6.04 Å². The number of ether oxygens (including phenoxy) is 2. The molecule has 2 amide bonds. The lowest BCUT2D eigenvalue weighted by Gasteiger charge is -2.25. The van der Waals surface area contributed by atoms with Crippen molar-refractivity contribution in [2.75, 3.05) is 27.3 Å². The molecule has 1 N–H and O–H groups in total. The number of carbonyl (C=O) groups excluding carboxylic acids is 2. The van der Waals surface area contributed by atoms with Crippen LogP contribution in [0.1, 0.15) is 43.5 Å². The first kappa shape index (κ1) is 19.1. The Bertz CT molecular complexity index is 587. The van der Waals surface area contributed by atoms with Gasteiger partial charge in [-0.2, -0.15) is 0 Å². The highest BCUT2D eigenvalue weighted by atomic mass is 16.5. The van der Waals surface area contributed by atoms with Crippen LogP contribution in [0.3, 0.4) is 0 Å². The van der Waals surface area contributed by atoms with Crippen molar-refractivity contribution in [3.63, 3.8) is 0 Å². The maximum atomic E-state index is 12.8. The predicted molar refractivity (Wildman–Crippen MR) is 96.1 cm³/mol. The summed E-state index contributed by atoms with van der Waals surface area (Å²) in [5.41, 5.74) is 0.416. The molecule has 0 unspecified atom stereocenters. The van der Waals surface area contributed by atoms with Gasteiger partial charge in [0.2, 0.25) is 5.91 Å². The summed E-state index contributed by atoms with van der Waals surface area (Å²) in [5.74, 6) is 1.09. The quantitative estimate of drug-likeness (QED) is 0.822. The van der Waals surface area contributed by atoms with Gasteiger partial charge < -0.3 is 19.7 Å². The minimum atomic E-state index is -0.511. The fraction of sp³-hybridized carbons (Fsp3) is 0.579. The summed E-state index contributed by atoms with van der Waals surface area (Å²) in [7, 11) is 3.07. The highest BCUT2D eigenvalue weighted by molar-refractivity contribution is 5.98. The van der Waals surface area contributed by atoms with E-state index in [0.29, 0.717) is 29.4 Å². The molecule has 0 aromatic heterocycles. The first-order chi connectivity index (χ1) is 11.9. The number of methoxy groups -OCH3 is 2. The van der Waals surface area contributed by atoms with Gasteiger partial charge in [-0.25, -0.2) is 0 Å². The van der Waals surface area contributed by atoms with Crippen LogP contribution in [0.25, 0.3) is 0 Å². The molecule has 1 aromatic carbocycles. The van der Waals surface area contributed by atoms with Crippen molar-refractivity contribution in [3.8, 4) is 11.5 Å². The Kier molecular flexibility index (Phi) is 6.67. The van der Waals surface area contributed by atoms with Gasteiger partial charge in [0.05, 0.1) is 14.2 Å². The molecule has 0 bridgehead atoms. The average molecular weight is 348 g/mol. The van der Waals surface area contributed by atoms with E-state index in [4.69, 9.17) is 9.47 Å².